The number of carbonyl (C=O) groups is 1. The van der Waals surface area contributed by atoms with Crippen LogP contribution < -0.4 is 10.6 Å². The largest absolute Gasteiger partial charge is 0.378 e. The Hall–Kier alpha value is -1.07. The van der Waals surface area contributed by atoms with E-state index in [0.717, 1.165) is 31.8 Å². The minimum Gasteiger partial charge on any atom is -0.378 e. The van der Waals surface area contributed by atoms with Crippen LogP contribution in [0, 0.1) is 5.92 Å². The number of rotatable bonds is 5. The van der Waals surface area contributed by atoms with Crippen molar-refractivity contribution >= 4 is 17.4 Å². The van der Waals surface area contributed by atoms with Gasteiger partial charge in [0.2, 0.25) is 0 Å². The molecule has 2 N–H and O–H groups in total. The zero-order valence-electron chi connectivity index (χ0n) is 12.6. The van der Waals surface area contributed by atoms with Gasteiger partial charge in [0, 0.05) is 17.5 Å². The maximum absolute atomic E-state index is 12.0. The van der Waals surface area contributed by atoms with Crippen LogP contribution in [0.3, 0.4) is 0 Å². The van der Waals surface area contributed by atoms with Crippen LogP contribution in [0.1, 0.15) is 43.0 Å². The summed E-state index contributed by atoms with van der Waals surface area (Å²) < 4.78 is 5.79. The fraction of sp³-hybridized carbons (Fsp3) is 0.688. The van der Waals surface area contributed by atoms with E-state index in [-0.39, 0.29) is 12.1 Å². The summed E-state index contributed by atoms with van der Waals surface area (Å²) in [5.74, 6) is 0.746. The van der Waals surface area contributed by atoms with E-state index >= 15 is 0 Å². The Morgan fingerprint density at radius 2 is 2.29 bits per heavy atom. The number of hydrogen-bond acceptors (Lipinski definition) is 3. The normalized spacial score (nSPS) is 25.6. The highest BCUT2D eigenvalue weighted by atomic mass is 32.1. The van der Waals surface area contributed by atoms with Gasteiger partial charge in [-0.05, 0) is 55.0 Å². The van der Waals surface area contributed by atoms with Crippen molar-refractivity contribution in [3.05, 3.63) is 21.9 Å². The van der Waals surface area contributed by atoms with Gasteiger partial charge < -0.3 is 15.4 Å². The molecule has 0 bridgehead atoms. The van der Waals surface area contributed by atoms with E-state index in [1.165, 1.54) is 23.3 Å². The zero-order chi connectivity index (χ0) is 14.7. The van der Waals surface area contributed by atoms with E-state index < -0.39 is 0 Å². The topological polar surface area (TPSA) is 50.4 Å². The molecule has 116 valence electrons. The van der Waals surface area contributed by atoms with Gasteiger partial charge in [-0.2, -0.15) is 0 Å². The zero-order valence-corrected chi connectivity index (χ0v) is 13.4. The molecule has 2 unspecified atom stereocenters. The van der Waals surface area contributed by atoms with Gasteiger partial charge in [-0.1, -0.05) is 6.92 Å². The molecule has 1 saturated heterocycles. The molecule has 2 aliphatic rings. The highest BCUT2D eigenvalue weighted by Crippen LogP contribution is 2.38. The van der Waals surface area contributed by atoms with Crippen LogP contribution in [0.15, 0.2) is 11.4 Å². The number of thiophene rings is 1. The standard InChI is InChI=1S/C16H24N2O2S/c1-2-11-6-8-21-15(11)10-17-16(19)18-13-5-7-20-14(9-13)12-3-4-12/h6,8,12-14H,2-5,7,9-10H2,1H3,(H2,17,18,19). The average molecular weight is 308 g/mol. The van der Waals surface area contributed by atoms with Crippen LogP contribution in [0.2, 0.25) is 0 Å². The van der Waals surface area contributed by atoms with Crippen LogP contribution in [0.4, 0.5) is 4.79 Å². The summed E-state index contributed by atoms with van der Waals surface area (Å²) in [7, 11) is 0. The average Bonchev–Trinajstić information content (AvgIpc) is 3.24. The summed E-state index contributed by atoms with van der Waals surface area (Å²) >= 11 is 1.71. The molecular formula is C16H24N2O2S. The molecule has 1 aromatic rings. The van der Waals surface area contributed by atoms with Crippen molar-refractivity contribution in [1.29, 1.82) is 0 Å². The Kier molecular flexibility index (Phi) is 4.80. The van der Waals surface area contributed by atoms with E-state index in [2.05, 4.69) is 29.0 Å². The second-order valence-corrected chi connectivity index (χ2v) is 7.02. The molecule has 2 atom stereocenters. The Balaban J connectivity index is 1.43. The lowest BCUT2D eigenvalue weighted by molar-refractivity contribution is -0.00914. The molecular weight excluding hydrogens is 284 g/mol. The van der Waals surface area contributed by atoms with Crippen LogP contribution in [-0.2, 0) is 17.7 Å². The molecule has 1 aliphatic carbocycles. The van der Waals surface area contributed by atoms with E-state index in [9.17, 15) is 4.79 Å². The molecule has 1 saturated carbocycles. The monoisotopic (exact) mass is 308 g/mol. The smallest absolute Gasteiger partial charge is 0.315 e. The molecule has 0 aromatic carbocycles. The van der Waals surface area contributed by atoms with Gasteiger partial charge in [-0.15, -0.1) is 11.3 Å². The third-order valence-electron chi connectivity index (χ3n) is 4.43. The van der Waals surface area contributed by atoms with Gasteiger partial charge >= 0.3 is 6.03 Å². The van der Waals surface area contributed by atoms with Crippen molar-refractivity contribution in [1.82, 2.24) is 10.6 Å². The molecule has 0 radical (unpaired) electrons. The highest BCUT2D eigenvalue weighted by molar-refractivity contribution is 7.10. The van der Waals surface area contributed by atoms with E-state index in [1.807, 2.05) is 0 Å². The number of urea groups is 1. The summed E-state index contributed by atoms with van der Waals surface area (Å²) in [5, 5.41) is 8.18. The summed E-state index contributed by atoms with van der Waals surface area (Å²) in [5.41, 5.74) is 1.33. The number of ether oxygens (including phenoxy) is 1. The maximum atomic E-state index is 12.0. The molecule has 1 aromatic heterocycles. The first-order valence-electron chi connectivity index (χ1n) is 7.97. The third-order valence-corrected chi connectivity index (χ3v) is 5.39. The van der Waals surface area contributed by atoms with Crippen molar-refractivity contribution in [2.75, 3.05) is 6.61 Å². The first-order valence-corrected chi connectivity index (χ1v) is 8.85. The van der Waals surface area contributed by atoms with Crippen molar-refractivity contribution in [3.8, 4) is 0 Å². The van der Waals surface area contributed by atoms with Crippen molar-refractivity contribution in [2.24, 2.45) is 5.92 Å². The number of amides is 2. The lowest BCUT2D eigenvalue weighted by Gasteiger charge is -2.30. The lowest BCUT2D eigenvalue weighted by atomic mass is 10.0. The second kappa shape index (κ2) is 6.79. The van der Waals surface area contributed by atoms with Gasteiger partial charge in [-0.25, -0.2) is 4.79 Å². The van der Waals surface area contributed by atoms with Gasteiger partial charge in [0.05, 0.1) is 12.6 Å². The number of hydrogen-bond donors (Lipinski definition) is 2. The van der Waals surface area contributed by atoms with Crippen LogP contribution in [-0.4, -0.2) is 24.8 Å². The Morgan fingerprint density at radius 1 is 1.43 bits per heavy atom. The third kappa shape index (κ3) is 3.98. The van der Waals surface area contributed by atoms with Gasteiger partial charge in [0.25, 0.3) is 0 Å². The molecule has 2 fully saturated rings. The van der Waals surface area contributed by atoms with Gasteiger partial charge in [-0.3, -0.25) is 0 Å². The SMILES string of the molecule is CCc1ccsc1CNC(=O)NC1CCOC(C2CC2)C1. The number of carbonyl (C=O) groups excluding carboxylic acids is 1. The summed E-state index contributed by atoms with van der Waals surface area (Å²) in [6.45, 7) is 3.55. The molecule has 5 heteroatoms. The first kappa shape index (κ1) is 14.9. The van der Waals surface area contributed by atoms with Crippen molar-refractivity contribution in [3.63, 3.8) is 0 Å². The predicted molar refractivity (Wildman–Crippen MR) is 84.6 cm³/mol. The van der Waals surface area contributed by atoms with E-state index in [1.54, 1.807) is 11.3 Å². The van der Waals surface area contributed by atoms with Crippen LogP contribution >= 0.6 is 11.3 Å². The number of aryl methyl sites for hydroxylation is 1. The fourth-order valence-electron chi connectivity index (χ4n) is 2.99. The fourth-order valence-corrected chi connectivity index (χ4v) is 3.91. The van der Waals surface area contributed by atoms with Crippen molar-refractivity contribution < 1.29 is 9.53 Å². The van der Waals surface area contributed by atoms with E-state index in [4.69, 9.17) is 4.74 Å². The summed E-state index contributed by atoms with van der Waals surface area (Å²) in [6.07, 6.45) is 5.87. The molecule has 3 rings (SSSR count). The predicted octanol–water partition coefficient (Wildman–Crippen LogP) is 3.07. The van der Waals surface area contributed by atoms with Crippen LogP contribution in [0.5, 0.6) is 0 Å². The minimum absolute atomic E-state index is 0.0492. The molecule has 0 spiro atoms. The van der Waals surface area contributed by atoms with E-state index in [0.29, 0.717) is 12.6 Å². The minimum atomic E-state index is -0.0492. The Morgan fingerprint density at radius 3 is 3.05 bits per heavy atom. The van der Waals surface area contributed by atoms with Crippen LogP contribution in [0.25, 0.3) is 0 Å². The highest BCUT2D eigenvalue weighted by Gasteiger charge is 2.36. The Bertz CT molecular complexity index is 484. The summed E-state index contributed by atoms with van der Waals surface area (Å²) in [6, 6.07) is 2.35. The molecule has 1 aliphatic heterocycles. The quantitative estimate of drug-likeness (QED) is 0.878. The first-order chi connectivity index (χ1) is 10.3. The van der Waals surface area contributed by atoms with Gasteiger partial charge in [0.1, 0.15) is 0 Å². The summed E-state index contributed by atoms with van der Waals surface area (Å²) in [4.78, 5) is 13.3. The Labute approximate surface area is 130 Å². The number of nitrogens with one attached hydrogen (secondary N) is 2. The molecule has 21 heavy (non-hydrogen) atoms. The molecule has 2 heterocycles. The second-order valence-electron chi connectivity index (χ2n) is 6.02. The lowest BCUT2D eigenvalue weighted by Crippen LogP contribution is -2.46. The molecule has 2 amide bonds. The molecule has 4 nitrogen and oxygen atoms in total. The van der Waals surface area contributed by atoms with Gasteiger partial charge in [0.15, 0.2) is 0 Å². The van der Waals surface area contributed by atoms with Crippen molar-refractivity contribution in [2.45, 2.75) is 57.7 Å². The maximum Gasteiger partial charge on any atom is 0.315 e.